The van der Waals surface area contributed by atoms with E-state index in [2.05, 4.69) is 4.74 Å². The van der Waals surface area contributed by atoms with Crippen LogP contribution in [0.2, 0.25) is 0 Å². The molecule has 5 heteroatoms. The summed E-state index contributed by atoms with van der Waals surface area (Å²) in [7, 11) is 2.57. The first-order chi connectivity index (χ1) is 7.34. The standard InChI is InChI=1S/C11H17ClO4/c1-7(2)5-10(8(13)15-3)6-11(10,12)9(14)16-4/h7H,5-6H2,1-4H3/t10-,11-/m1/s1. The normalized spacial score (nSPS) is 32.4. The van der Waals surface area contributed by atoms with Gasteiger partial charge in [0.1, 0.15) is 5.41 Å². The van der Waals surface area contributed by atoms with Gasteiger partial charge in [-0.1, -0.05) is 13.8 Å². The number of methoxy groups -OCH3 is 2. The number of esters is 2. The Bertz CT molecular complexity index is 315. The van der Waals surface area contributed by atoms with Gasteiger partial charge in [0.25, 0.3) is 0 Å². The molecular weight excluding hydrogens is 232 g/mol. The van der Waals surface area contributed by atoms with Crippen molar-refractivity contribution in [2.75, 3.05) is 14.2 Å². The van der Waals surface area contributed by atoms with Crippen LogP contribution in [0.4, 0.5) is 0 Å². The summed E-state index contributed by atoms with van der Waals surface area (Å²) in [5.41, 5.74) is -0.912. The van der Waals surface area contributed by atoms with Gasteiger partial charge in [-0.25, -0.2) is 0 Å². The maximum absolute atomic E-state index is 11.8. The topological polar surface area (TPSA) is 52.6 Å². The fraction of sp³-hybridized carbons (Fsp3) is 0.818. The molecule has 0 radical (unpaired) electrons. The van der Waals surface area contributed by atoms with Gasteiger partial charge in [-0.2, -0.15) is 0 Å². The molecule has 0 aliphatic heterocycles. The molecule has 0 unspecified atom stereocenters. The zero-order valence-electron chi connectivity index (χ0n) is 10.0. The van der Waals surface area contributed by atoms with Crippen LogP contribution in [0.15, 0.2) is 0 Å². The molecule has 1 aliphatic rings. The van der Waals surface area contributed by atoms with Crippen LogP contribution in [0.5, 0.6) is 0 Å². The second-order valence-corrected chi connectivity index (χ2v) is 5.29. The minimum absolute atomic E-state index is 0.254. The number of carbonyl (C=O) groups excluding carboxylic acids is 2. The number of halogens is 1. The number of ether oxygens (including phenoxy) is 2. The second kappa shape index (κ2) is 4.24. The van der Waals surface area contributed by atoms with E-state index in [0.717, 1.165) is 0 Å². The molecule has 0 aromatic heterocycles. The van der Waals surface area contributed by atoms with Crippen LogP contribution in [-0.2, 0) is 19.1 Å². The van der Waals surface area contributed by atoms with Gasteiger partial charge in [0.05, 0.1) is 14.2 Å². The van der Waals surface area contributed by atoms with Crippen molar-refractivity contribution in [2.24, 2.45) is 11.3 Å². The van der Waals surface area contributed by atoms with Gasteiger partial charge in [0.2, 0.25) is 0 Å². The highest BCUT2D eigenvalue weighted by Gasteiger charge is 2.77. The Hall–Kier alpha value is -0.770. The molecule has 2 atom stereocenters. The van der Waals surface area contributed by atoms with Gasteiger partial charge in [-0.05, 0) is 18.8 Å². The van der Waals surface area contributed by atoms with Gasteiger partial charge in [-0.15, -0.1) is 11.6 Å². The zero-order valence-corrected chi connectivity index (χ0v) is 10.8. The monoisotopic (exact) mass is 248 g/mol. The summed E-state index contributed by atoms with van der Waals surface area (Å²) < 4.78 is 9.37. The average Bonchev–Trinajstić information content (AvgIpc) is 2.83. The first-order valence-electron chi connectivity index (χ1n) is 5.20. The Labute approximate surface area is 100 Å². The van der Waals surface area contributed by atoms with Crippen molar-refractivity contribution < 1.29 is 19.1 Å². The summed E-state index contributed by atoms with van der Waals surface area (Å²) in [5.74, 6) is -0.730. The van der Waals surface area contributed by atoms with Crippen LogP contribution in [0.1, 0.15) is 26.7 Å². The first-order valence-corrected chi connectivity index (χ1v) is 5.57. The lowest BCUT2D eigenvalue weighted by molar-refractivity contribution is -0.152. The molecule has 0 aromatic carbocycles. The first kappa shape index (κ1) is 13.3. The van der Waals surface area contributed by atoms with Crippen LogP contribution >= 0.6 is 11.6 Å². The Morgan fingerprint density at radius 2 is 1.75 bits per heavy atom. The van der Waals surface area contributed by atoms with Crippen LogP contribution in [0.25, 0.3) is 0 Å². The van der Waals surface area contributed by atoms with Crippen molar-refractivity contribution >= 4 is 23.5 Å². The molecule has 0 N–H and O–H groups in total. The van der Waals surface area contributed by atoms with E-state index in [4.69, 9.17) is 16.3 Å². The lowest BCUT2D eigenvalue weighted by atomic mass is 9.91. The molecule has 1 aliphatic carbocycles. The molecule has 1 rings (SSSR count). The van der Waals surface area contributed by atoms with Crippen LogP contribution in [0, 0.1) is 11.3 Å². The molecule has 4 nitrogen and oxygen atoms in total. The molecule has 0 aromatic rings. The fourth-order valence-electron chi connectivity index (χ4n) is 2.24. The highest BCUT2D eigenvalue weighted by Crippen LogP contribution is 2.65. The average molecular weight is 249 g/mol. The molecule has 0 saturated heterocycles. The summed E-state index contributed by atoms with van der Waals surface area (Å²) in [6, 6.07) is 0. The Morgan fingerprint density at radius 3 is 2.12 bits per heavy atom. The van der Waals surface area contributed by atoms with Crippen molar-refractivity contribution in [2.45, 2.75) is 31.6 Å². The summed E-state index contributed by atoms with van der Waals surface area (Å²) in [4.78, 5) is 22.1. The number of hydrogen-bond acceptors (Lipinski definition) is 4. The Balaban J connectivity index is 2.95. The fourth-order valence-corrected chi connectivity index (χ4v) is 2.70. The van der Waals surface area contributed by atoms with Crippen LogP contribution < -0.4 is 0 Å². The van der Waals surface area contributed by atoms with Gasteiger partial charge in [0, 0.05) is 0 Å². The summed E-state index contributed by atoms with van der Waals surface area (Å²) in [6.07, 6.45) is 0.817. The van der Waals surface area contributed by atoms with E-state index in [1.807, 2.05) is 13.8 Å². The third-order valence-corrected chi connectivity index (χ3v) is 3.67. The third kappa shape index (κ3) is 1.79. The quantitative estimate of drug-likeness (QED) is 0.562. The smallest absolute Gasteiger partial charge is 0.328 e. The summed E-state index contributed by atoms with van der Waals surface area (Å²) in [6.45, 7) is 3.94. The predicted octanol–water partition coefficient (Wildman–Crippen LogP) is 1.75. The highest BCUT2D eigenvalue weighted by atomic mass is 35.5. The van der Waals surface area contributed by atoms with Gasteiger partial charge >= 0.3 is 11.9 Å². The maximum atomic E-state index is 11.8. The van der Waals surface area contributed by atoms with Crippen molar-refractivity contribution in [3.05, 3.63) is 0 Å². The van der Waals surface area contributed by atoms with Crippen LogP contribution in [0.3, 0.4) is 0 Å². The second-order valence-electron chi connectivity index (χ2n) is 4.64. The van der Waals surface area contributed by atoms with Crippen LogP contribution in [-0.4, -0.2) is 31.0 Å². The Kier molecular flexibility index (Phi) is 3.53. The third-order valence-electron chi connectivity index (χ3n) is 3.02. The van der Waals surface area contributed by atoms with E-state index < -0.39 is 22.2 Å². The Morgan fingerprint density at radius 1 is 1.25 bits per heavy atom. The highest BCUT2D eigenvalue weighted by molar-refractivity contribution is 6.39. The molecule has 16 heavy (non-hydrogen) atoms. The zero-order chi connectivity index (χ0) is 12.6. The SMILES string of the molecule is COC(=O)[C@@]1(CC(C)C)C[C@@]1(Cl)C(=O)OC. The number of alkyl halides is 1. The van der Waals surface area contributed by atoms with E-state index >= 15 is 0 Å². The number of hydrogen-bond donors (Lipinski definition) is 0. The molecular formula is C11H17ClO4. The lowest BCUT2D eigenvalue weighted by Crippen LogP contribution is -2.33. The minimum atomic E-state index is -1.24. The molecule has 0 bridgehead atoms. The van der Waals surface area contributed by atoms with Crippen molar-refractivity contribution in [1.29, 1.82) is 0 Å². The van der Waals surface area contributed by atoms with E-state index in [0.29, 0.717) is 12.8 Å². The summed E-state index contributed by atoms with van der Waals surface area (Å²) >= 11 is 6.16. The van der Waals surface area contributed by atoms with E-state index in [9.17, 15) is 9.59 Å². The molecule has 1 fully saturated rings. The van der Waals surface area contributed by atoms with Gasteiger partial charge in [-0.3, -0.25) is 9.59 Å². The molecule has 1 saturated carbocycles. The van der Waals surface area contributed by atoms with E-state index in [1.54, 1.807) is 0 Å². The maximum Gasteiger partial charge on any atom is 0.328 e. The molecule has 0 amide bonds. The molecule has 0 heterocycles. The van der Waals surface area contributed by atoms with Crippen molar-refractivity contribution in [3.8, 4) is 0 Å². The number of carbonyl (C=O) groups is 2. The van der Waals surface area contributed by atoms with Gasteiger partial charge in [0.15, 0.2) is 4.87 Å². The molecule has 0 spiro atoms. The van der Waals surface area contributed by atoms with Gasteiger partial charge < -0.3 is 9.47 Å². The van der Waals surface area contributed by atoms with Crippen molar-refractivity contribution in [1.82, 2.24) is 0 Å². The largest absolute Gasteiger partial charge is 0.469 e. The molecule has 92 valence electrons. The lowest BCUT2D eigenvalue weighted by Gasteiger charge is -2.19. The number of rotatable bonds is 4. The van der Waals surface area contributed by atoms with E-state index in [-0.39, 0.29) is 5.92 Å². The summed E-state index contributed by atoms with van der Waals surface area (Å²) in [5, 5.41) is 0. The van der Waals surface area contributed by atoms with Crippen molar-refractivity contribution in [3.63, 3.8) is 0 Å². The van der Waals surface area contributed by atoms with E-state index in [1.165, 1.54) is 14.2 Å². The minimum Gasteiger partial charge on any atom is -0.469 e. The predicted molar refractivity (Wildman–Crippen MR) is 59.1 cm³/mol.